The summed E-state index contributed by atoms with van der Waals surface area (Å²) in [7, 11) is 0. The van der Waals surface area contributed by atoms with Crippen LogP contribution in [0.3, 0.4) is 0 Å². The first-order valence-corrected chi connectivity index (χ1v) is 5.63. The zero-order valence-corrected chi connectivity index (χ0v) is 10.2. The van der Waals surface area contributed by atoms with Crippen LogP contribution in [0.2, 0.25) is 0 Å². The summed E-state index contributed by atoms with van der Waals surface area (Å²) in [5.41, 5.74) is 2.34. The fraction of sp³-hybridized carbons (Fsp3) is 0.231. The van der Waals surface area contributed by atoms with Crippen molar-refractivity contribution in [3.05, 3.63) is 35.7 Å². The summed E-state index contributed by atoms with van der Waals surface area (Å²) >= 11 is 0. The molecule has 0 saturated carbocycles. The first-order valence-electron chi connectivity index (χ1n) is 5.63. The second-order valence-electron chi connectivity index (χ2n) is 4.02. The van der Waals surface area contributed by atoms with E-state index in [1.807, 2.05) is 20.0 Å². The van der Waals surface area contributed by atoms with E-state index in [0.717, 1.165) is 23.4 Å². The number of hydrogen-bond donors (Lipinski definition) is 2. The molecule has 0 amide bonds. The molecule has 0 radical (unpaired) electrons. The Morgan fingerprint density at radius 1 is 1.44 bits per heavy atom. The Morgan fingerprint density at radius 2 is 2.17 bits per heavy atom. The molecule has 0 aliphatic rings. The molecule has 0 bridgehead atoms. The number of hydrogen-bond acceptors (Lipinski definition) is 3. The predicted molar refractivity (Wildman–Crippen MR) is 66.7 cm³/mol. The molecule has 1 aromatic heterocycles. The van der Waals surface area contributed by atoms with Crippen molar-refractivity contribution in [3.8, 4) is 16.9 Å². The van der Waals surface area contributed by atoms with E-state index < -0.39 is 5.97 Å². The quantitative estimate of drug-likeness (QED) is 0.871. The van der Waals surface area contributed by atoms with Gasteiger partial charge in [-0.15, -0.1) is 0 Å². The summed E-state index contributed by atoms with van der Waals surface area (Å²) in [4.78, 5) is 11.0. The van der Waals surface area contributed by atoms with Gasteiger partial charge in [0, 0.05) is 18.3 Å². The highest BCUT2D eigenvalue weighted by Gasteiger charge is 2.13. The molecule has 2 aromatic rings. The van der Waals surface area contributed by atoms with Gasteiger partial charge in [-0.05, 0) is 31.5 Å². The average Bonchev–Trinajstić information content (AvgIpc) is 2.71. The third-order valence-corrected chi connectivity index (χ3v) is 2.81. The van der Waals surface area contributed by atoms with E-state index in [-0.39, 0.29) is 11.3 Å². The van der Waals surface area contributed by atoms with Gasteiger partial charge in [-0.1, -0.05) is 6.07 Å². The zero-order chi connectivity index (χ0) is 13.3. The lowest BCUT2D eigenvalue weighted by molar-refractivity contribution is 0.0694. The van der Waals surface area contributed by atoms with Crippen molar-refractivity contribution >= 4 is 5.97 Å². The highest BCUT2D eigenvalue weighted by atomic mass is 16.4. The fourth-order valence-corrected chi connectivity index (χ4v) is 1.84. The second kappa shape index (κ2) is 4.52. The van der Waals surface area contributed by atoms with Gasteiger partial charge in [0.25, 0.3) is 0 Å². The molecule has 2 N–H and O–H groups in total. The van der Waals surface area contributed by atoms with Gasteiger partial charge >= 0.3 is 5.97 Å². The molecule has 1 aromatic carbocycles. The lowest BCUT2D eigenvalue weighted by Crippen LogP contribution is -1.97. The zero-order valence-electron chi connectivity index (χ0n) is 10.2. The Labute approximate surface area is 104 Å². The van der Waals surface area contributed by atoms with Crippen molar-refractivity contribution in [1.29, 1.82) is 0 Å². The van der Waals surface area contributed by atoms with Crippen LogP contribution in [0.5, 0.6) is 5.75 Å². The molecule has 1 heterocycles. The van der Waals surface area contributed by atoms with Crippen molar-refractivity contribution < 1.29 is 15.0 Å². The molecule has 0 fully saturated rings. The smallest absolute Gasteiger partial charge is 0.339 e. The number of aromatic hydroxyl groups is 1. The molecular formula is C13H14N2O3. The molecule has 2 rings (SSSR count). The number of aromatic nitrogens is 2. The second-order valence-corrected chi connectivity index (χ2v) is 4.02. The van der Waals surface area contributed by atoms with Crippen molar-refractivity contribution in [2.24, 2.45) is 0 Å². The minimum Gasteiger partial charge on any atom is -0.507 e. The molecule has 5 nitrogen and oxygen atoms in total. The molecule has 0 aliphatic carbocycles. The molecule has 18 heavy (non-hydrogen) atoms. The van der Waals surface area contributed by atoms with E-state index in [0.29, 0.717) is 0 Å². The van der Waals surface area contributed by atoms with E-state index in [9.17, 15) is 9.90 Å². The normalized spacial score (nSPS) is 10.6. The highest BCUT2D eigenvalue weighted by Crippen LogP contribution is 2.27. The van der Waals surface area contributed by atoms with Gasteiger partial charge in [-0.3, -0.25) is 4.68 Å². The molecular weight excluding hydrogens is 232 g/mol. The van der Waals surface area contributed by atoms with Crippen LogP contribution >= 0.6 is 0 Å². The van der Waals surface area contributed by atoms with E-state index in [1.165, 1.54) is 12.1 Å². The Morgan fingerprint density at radius 3 is 2.72 bits per heavy atom. The summed E-state index contributed by atoms with van der Waals surface area (Å²) in [6.45, 7) is 4.61. The maximum Gasteiger partial charge on any atom is 0.339 e. The number of carboxylic acid groups (broad SMARTS) is 1. The topological polar surface area (TPSA) is 75.4 Å². The Kier molecular flexibility index (Phi) is 3.06. The van der Waals surface area contributed by atoms with Gasteiger partial charge in [0.05, 0.1) is 5.69 Å². The summed E-state index contributed by atoms with van der Waals surface area (Å²) < 4.78 is 1.79. The van der Waals surface area contributed by atoms with Crippen LogP contribution < -0.4 is 0 Å². The Hall–Kier alpha value is -2.30. The minimum atomic E-state index is -1.14. The number of aromatic carboxylic acids is 1. The number of benzene rings is 1. The maximum atomic E-state index is 11.0. The third-order valence-electron chi connectivity index (χ3n) is 2.81. The van der Waals surface area contributed by atoms with Gasteiger partial charge in [0.15, 0.2) is 0 Å². The van der Waals surface area contributed by atoms with Gasteiger partial charge in [0.1, 0.15) is 11.3 Å². The highest BCUT2D eigenvalue weighted by molar-refractivity contribution is 5.92. The van der Waals surface area contributed by atoms with Crippen LogP contribution in [0.15, 0.2) is 24.4 Å². The monoisotopic (exact) mass is 246 g/mol. The standard InChI is InChI=1S/C13H14N2O3/c1-3-15-7-11(8(2)14-15)9-4-5-12(16)10(6-9)13(17)18/h4-7,16H,3H2,1-2H3,(H,17,18). The van der Waals surface area contributed by atoms with Crippen molar-refractivity contribution in [2.75, 3.05) is 0 Å². The third kappa shape index (κ3) is 2.07. The summed E-state index contributed by atoms with van der Waals surface area (Å²) in [5.74, 6) is -1.37. The predicted octanol–water partition coefficient (Wildman–Crippen LogP) is 2.28. The fourth-order valence-electron chi connectivity index (χ4n) is 1.84. The van der Waals surface area contributed by atoms with Crippen LogP contribution in [0.4, 0.5) is 0 Å². The van der Waals surface area contributed by atoms with Crippen LogP contribution in [0.1, 0.15) is 23.0 Å². The molecule has 5 heteroatoms. The SMILES string of the molecule is CCn1cc(-c2ccc(O)c(C(=O)O)c2)c(C)n1. The van der Waals surface area contributed by atoms with Gasteiger partial charge < -0.3 is 10.2 Å². The summed E-state index contributed by atoms with van der Waals surface area (Å²) in [5, 5.41) is 22.8. The van der Waals surface area contributed by atoms with Gasteiger partial charge in [-0.2, -0.15) is 5.10 Å². The van der Waals surface area contributed by atoms with E-state index in [1.54, 1.807) is 10.7 Å². The summed E-state index contributed by atoms with van der Waals surface area (Å²) in [6.07, 6.45) is 1.87. The lowest BCUT2D eigenvalue weighted by Gasteiger charge is -2.03. The largest absolute Gasteiger partial charge is 0.507 e. The summed E-state index contributed by atoms with van der Waals surface area (Å²) in [6, 6.07) is 4.54. The molecule has 0 saturated heterocycles. The average molecular weight is 246 g/mol. The number of nitrogens with zero attached hydrogens (tertiary/aromatic N) is 2. The number of rotatable bonds is 3. The van der Waals surface area contributed by atoms with Crippen LogP contribution in [-0.4, -0.2) is 26.0 Å². The van der Waals surface area contributed by atoms with Crippen molar-refractivity contribution in [3.63, 3.8) is 0 Å². The van der Waals surface area contributed by atoms with E-state index in [4.69, 9.17) is 5.11 Å². The van der Waals surface area contributed by atoms with Crippen LogP contribution in [-0.2, 0) is 6.54 Å². The number of phenols is 1. The Bertz CT molecular complexity index is 602. The van der Waals surface area contributed by atoms with Crippen LogP contribution in [0, 0.1) is 6.92 Å². The van der Waals surface area contributed by atoms with Gasteiger partial charge in [-0.25, -0.2) is 4.79 Å². The van der Waals surface area contributed by atoms with Gasteiger partial charge in [0.2, 0.25) is 0 Å². The molecule has 0 atom stereocenters. The van der Waals surface area contributed by atoms with Crippen molar-refractivity contribution in [2.45, 2.75) is 20.4 Å². The van der Waals surface area contributed by atoms with Crippen molar-refractivity contribution in [1.82, 2.24) is 9.78 Å². The minimum absolute atomic E-state index is 0.101. The molecule has 0 unspecified atom stereocenters. The van der Waals surface area contributed by atoms with E-state index in [2.05, 4.69) is 5.10 Å². The Balaban J connectivity index is 2.53. The number of aryl methyl sites for hydroxylation is 2. The van der Waals surface area contributed by atoms with Crippen LogP contribution in [0.25, 0.3) is 11.1 Å². The first-order chi connectivity index (χ1) is 8.52. The maximum absolute atomic E-state index is 11.0. The number of carboxylic acids is 1. The molecule has 0 aliphatic heterocycles. The van der Waals surface area contributed by atoms with E-state index >= 15 is 0 Å². The number of carbonyl (C=O) groups is 1. The lowest BCUT2D eigenvalue weighted by atomic mass is 10.0. The molecule has 94 valence electrons. The molecule has 0 spiro atoms. The first kappa shape index (κ1) is 12.2.